The highest BCUT2D eigenvalue weighted by molar-refractivity contribution is 5.78. The summed E-state index contributed by atoms with van der Waals surface area (Å²) in [6.07, 6.45) is 11.6. The van der Waals surface area contributed by atoms with Crippen molar-refractivity contribution < 1.29 is 14.3 Å². The number of amides is 1. The highest BCUT2D eigenvalue weighted by Gasteiger charge is 2.60. The van der Waals surface area contributed by atoms with Crippen LogP contribution in [0.5, 0.6) is 0 Å². The van der Waals surface area contributed by atoms with Gasteiger partial charge in [-0.25, -0.2) is 4.98 Å². The van der Waals surface area contributed by atoms with Gasteiger partial charge in [0.25, 0.3) is 0 Å². The summed E-state index contributed by atoms with van der Waals surface area (Å²) in [6.45, 7) is 2.80. The summed E-state index contributed by atoms with van der Waals surface area (Å²) >= 11 is 0. The molecular formula is C26H39N5O3. The van der Waals surface area contributed by atoms with E-state index >= 15 is 0 Å². The van der Waals surface area contributed by atoms with Crippen LogP contribution in [0.15, 0.2) is 12.4 Å². The molecule has 4 saturated carbocycles. The number of carbonyl (C=O) groups is 2. The molecule has 186 valence electrons. The van der Waals surface area contributed by atoms with Gasteiger partial charge in [-0.15, -0.1) is 0 Å². The third-order valence-corrected chi connectivity index (χ3v) is 8.09. The number of rotatable bonds is 6. The maximum atomic E-state index is 13.3. The van der Waals surface area contributed by atoms with Gasteiger partial charge in [-0.05, 0) is 82.2 Å². The SMILES string of the molecule is CC1CC(C#N)N(C(=O)CC23CC4CC(C2)CC(OC(=O)CCc2ncc[nH]2)(C4)C3)C1.CNC. The predicted molar refractivity (Wildman–Crippen MR) is 127 cm³/mol. The van der Waals surface area contributed by atoms with E-state index in [1.807, 2.05) is 19.0 Å². The number of nitriles is 1. The highest BCUT2D eigenvalue weighted by atomic mass is 16.6. The van der Waals surface area contributed by atoms with E-state index in [0.29, 0.717) is 43.6 Å². The molecule has 2 N–H and O–H groups in total. The number of likely N-dealkylation sites (tertiary alicyclic amines) is 1. The fourth-order valence-corrected chi connectivity index (χ4v) is 7.51. The first-order valence-electron chi connectivity index (χ1n) is 12.8. The number of nitrogens with zero attached hydrogens (tertiary/aromatic N) is 3. The fourth-order valence-electron chi connectivity index (χ4n) is 7.51. The number of ether oxygens (including phenoxy) is 1. The van der Waals surface area contributed by atoms with Gasteiger partial charge in [0.2, 0.25) is 5.91 Å². The zero-order valence-corrected chi connectivity index (χ0v) is 20.8. The maximum Gasteiger partial charge on any atom is 0.306 e. The van der Waals surface area contributed by atoms with Crippen LogP contribution in [0.1, 0.15) is 70.5 Å². The first-order valence-corrected chi connectivity index (χ1v) is 12.8. The molecule has 4 unspecified atom stereocenters. The van der Waals surface area contributed by atoms with Crippen LogP contribution < -0.4 is 5.32 Å². The maximum absolute atomic E-state index is 13.3. The average Bonchev–Trinajstić information content (AvgIpc) is 3.40. The van der Waals surface area contributed by atoms with Gasteiger partial charge in [0.1, 0.15) is 17.5 Å². The van der Waals surface area contributed by atoms with Crippen LogP contribution >= 0.6 is 0 Å². The number of aromatic nitrogens is 2. The summed E-state index contributed by atoms with van der Waals surface area (Å²) in [5.41, 5.74) is -0.480. The zero-order chi connectivity index (χ0) is 24.3. The molecule has 1 aromatic heterocycles. The molecule has 1 amide bonds. The van der Waals surface area contributed by atoms with E-state index in [0.717, 1.165) is 44.3 Å². The second-order valence-electron chi connectivity index (χ2n) is 11.4. The van der Waals surface area contributed by atoms with Crippen molar-refractivity contribution in [2.75, 3.05) is 20.6 Å². The number of imidazole rings is 1. The summed E-state index contributed by atoms with van der Waals surface area (Å²) in [7, 11) is 3.75. The average molecular weight is 470 g/mol. The molecule has 1 saturated heterocycles. The second kappa shape index (κ2) is 10.1. The zero-order valence-electron chi connectivity index (χ0n) is 20.8. The number of aryl methyl sites for hydroxylation is 1. The number of aromatic amines is 1. The molecule has 1 aliphatic heterocycles. The van der Waals surface area contributed by atoms with Gasteiger partial charge in [-0.2, -0.15) is 5.26 Å². The number of H-pyrrole nitrogens is 1. The van der Waals surface area contributed by atoms with Crippen molar-refractivity contribution in [3.8, 4) is 6.07 Å². The van der Waals surface area contributed by atoms with E-state index in [4.69, 9.17) is 4.74 Å². The molecule has 34 heavy (non-hydrogen) atoms. The lowest BCUT2D eigenvalue weighted by atomic mass is 9.47. The molecule has 2 heterocycles. The van der Waals surface area contributed by atoms with Crippen LogP contribution in [0, 0.1) is 34.5 Å². The van der Waals surface area contributed by atoms with Crippen LogP contribution in [0.2, 0.25) is 0 Å². The Labute approximate surface area is 202 Å². The number of carbonyl (C=O) groups excluding carboxylic acids is 2. The van der Waals surface area contributed by atoms with Gasteiger partial charge in [-0.3, -0.25) is 9.59 Å². The summed E-state index contributed by atoms with van der Waals surface area (Å²) in [5.74, 6) is 2.23. The Bertz CT molecular complexity index is 894. The van der Waals surface area contributed by atoms with Crippen molar-refractivity contribution in [1.82, 2.24) is 20.2 Å². The molecule has 8 nitrogen and oxygen atoms in total. The van der Waals surface area contributed by atoms with Gasteiger partial charge < -0.3 is 19.9 Å². The van der Waals surface area contributed by atoms with E-state index in [-0.39, 0.29) is 23.3 Å². The Morgan fingerprint density at radius 1 is 1.26 bits per heavy atom. The highest BCUT2D eigenvalue weighted by Crippen LogP contribution is 2.64. The van der Waals surface area contributed by atoms with Gasteiger partial charge in [0.05, 0.1) is 12.5 Å². The molecule has 5 fully saturated rings. The van der Waals surface area contributed by atoms with Gasteiger partial charge in [0.15, 0.2) is 0 Å². The molecule has 8 heteroatoms. The first-order chi connectivity index (χ1) is 16.3. The van der Waals surface area contributed by atoms with Crippen LogP contribution in [-0.2, 0) is 20.7 Å². The summed E-state index contributed by atoms with van der Waals surface area (Å²) in [6, 6.07) is 2.03. The fraction of sp³-hybridized carbons (Fsp3) is 0.769. The lowest BCUT2D eigenvalue weighted by Gasteiger charge is -2.61. The van der Waals surface area contributed by atoms with Crippen LogP contribution in [0.4, 0.5) is 0 Å². The second-order valence-corrected chi connectivity index (χ2v) is 11.4. The standard InChI is InChI=1S/C24H32N4O3.C2H7N/c1-16-6-19(13-25)28(14-16)21(29)12-23-8-17-7-18(9-23)11-24(10-17,15-23)31-22(30)3-2-20-26-4-5-27-20;1-3-2/h4-5,16-19H,2-3,6-12,14-15H2,1H3,(H,26,27);3H,1-2H3. The van der Waals surface area contributed by atoms with Crippen molar-refractivity contribution in [3.05, 3.63) is 18.2 Å². The molecule has 4 atom stereocenters. The molecule has 4 bridgehead atoms. The van der Waals surface area contributed by atoms with Gasteiger partial charge in [-0.1, -0.05) is 6.92 Å². The Kier molecular flexibility index (Phi) is 7.32. The quantitative estimate of drug-likeness (QED) is 0.619. The normalized spacial score (nSPS) is 35.4. The topological polar surface area (TPSA) is 111 Å². The molecular weight excluding hydrogens is 430 g/mol. The smallest absolute Gasteiger partial charge is 0.306 e. The Balaban J connectivity index is 0.000000868. The third-order valence-electron chi connectivity index (χ3n) is 8.09. The lowest BCUT2D eigenvalue weighted by Crippen LogP contribution is -2.58. The number of hydrogen-bond donors (Lipinski definition) is 2. The molecule has 5 aliphatic rings. The van der Waals surface area contributed by atoms with Crippen LogP contribution in [0.25, 0.3) is 0 Å². The molecule has 0 spiro atoms. The predicted octanol–water partition coefficient (Wildman–Crippen LogP) is 3.21. The lowest BCUT2D eigenvalue weighted by molar-refractivity contribution is -0.203. The van der Waals surface area contributed by atoms with Crippen molar-refractivity contribution >= 4 is 11.9 Å². The minimum atomic E-state index is -0.405. The summed E-state index contributed by atoms with van der Waals surface area (Å²) in [5, 5.41) is 12.2. The molecule has 0 radical (unpaired) electrons. The van der Waals surface area contributed by atoms with Crippen molar-refractivity contribution in [1.29, 1.82) is 5.26 Å². The van der Waals surface area contributed by atoms with Crippen LogP contribution in [-0.4, -0.2) is 59.0 Å². The number of nitrogens with one attached hydrogen (secondary N) is 2. The number of esters is 1. The van der Waals surface area contributed by atoms with E-state index in [2.05, 4.69) is 28.3 Å². The van der Waals surface area contributed by atoms with E-state index in [1.54, 1.807) is 12.4 Å². The largest absolute Gasteiger partial charge is 0.459 e. The Morgan fingerprint density at radius 2 is 1.97 bits per heavy atom. The van der Waals surface area contributed by atoms with Crippen molar-refractivity contribution in [3.63, 3.8) is 0 Å². The molecule has 6 rings (SSSR count). The Hall–Kier alpha value is -2.40. The van der Waals surface area contributed by atoms with Crippen molar-refractivity contribution in [2.24, 2.45) is 23.2 Å². The van der Waals surface area contributed by atoms with E-state index in [9.17, 15) is 14.9 Å². The van der Waals surface area contributed by atoms with Crippen molar-refractivity contribution in [2.45, 2.75) is 82.8 Å². The molecule has 4 aliphatic carbocycles. The number of hydrogen-bond acceptors (Lipinski definition) is 6. The van der Waals surface area contributed by atoms with Crippen LogP contribution in [0.3, 0.4) is 0 Å². The first kappa shape index (κ1) is 24.7. The van der Waals surface area contributed by atoms with E-state index < -0.39 is 5.60 Å². The minimum Gasteiger partial charge on any atom is -0.459 e. The Morgan fingerprint density at radius 3 is 2.59 bits per heavy atom. The molecule has 1 aromatic rings. The summed E-state index contributed by atoms with van der Waals surface area (Å²) < 4.78 is 6.18. The van der Waals surface area contributed by atoms with Gasteiger partial charge >= 0.3 is 5.97 Å². The monoisotopic (exact) mass is 469 g/mol. The van der Waals surface area contributed by atoms with E-state index in [1.165, 1.54) is 6.42 Å². The minimum absolute atomic E-state index is 0.0751. The summed E-state index contributed by atoms with van der Waals surface area (Å²) in [4.78, 5) is 35.0. The molecule has 0 aromatic carbocycles. The third kappa shape index (κ3) is 5.30. The van der Waals surface area contributed by atoms with Gasteiger partial charge in [0, 0.05) is 31.8 Å².